The van der Waals surface area contributed by atoms with Gasteiger partial charge in [-0.25, -0.2) is 4.79 Å². The van der Waals surface area contributed by atoms with Gasteiger partial charge in [0, 0.05) is 6.04 Å². The van der Waals surface area contributed by atoms with Gasteiger partial charge in [-0.1, -0.05) is 0 Å². The monoisotopic (exact) mass is 184 g/mol. The van der Waals surface area contributed by atoms with E-state index in [2.05, 4.69) is 5.32 Å². The predicted octanol–water partition coefficient (Wildman–Crippen LogP) is 0.109. The van der Waals surface area contributed by atoms with E-state index < -0.39 is 23.8 Å². The molecule has 5 heteroatoms. The SMILES string of the molecule is CC1C(=O)NC(=O)N(C(C)C)C1=O. The molecule has 1 aliphatic rings. The maximum absolute atomic E-state index is 11.4. The van der Waals surface area contributed by atoms with Gasteiger partial charge < -0.3 is 0 Å². The van der Waals surface area contributed by atoms with E-state index in [0.717, 1.165) is 4.90 Å². The number of nitrogens with zero attached hydrogens (tertiary/aromatic N) is 1. The number of amides is 4. The van der Waals surface area contributed by atoms with Gasteiger partial charge >= 0.3 is 6.03 Å². The lowest BCUT2D eigenvalue weighted by Gasteiger charge is -2.31. The summed E-state index contributed by atoms with van der Waals surface area (Å²) in [5, 5.41) is 2.12. The summed E-state index contributed by atoms with van der Waals surface area (Å²) in [5.74, 6) is -1.71. The molecule has 13 heavy (non-hydrogen) atoms. The van der Waals surface area contributed by atoms with Crippen LogP contribution in [0.1, 0.15) is 20.8 Å². The van der Waals surface area contributed by atoms with Crippen LogP contribution in [0.25, 0.3) is 0 Å². The third-order valence-electron chi connectivity index (χ3n) is 1.97. The van der Waals surface area contributed by atoms with Gasteiger partial charge in [-0.2, -0.15) is 0 Å². The first kappa shape index (κ1) is 9.70. The summed E-state index contributed by atoms with van der Waals surface area (Å²) in [6, 6.07) is -0.842. The maximum atomic E-state index is 11.4. The molecule has 5 nitrogen and oxygen atoms in total. The van der Waals surface area contributed by atoms with Crippen LogP contribution >= 0.6 is 0 Å². The standard InChI is InChI=1S/C8H12N2O3/c1-4(2)10-7(12)5(3)6(11)9-8(10)13/h4-5H,1-3H3,(H,9,11,13). The molecule has 1 heterocycles. The second-order valence-corrected chi connectivity index (χ2v) is 3.32. The molecule has 0 aromatic carbocycles. The van der Waals surface area contributed by atoms with Gasteiger partial charge in [0.2, 0.25) is 11.8 Å². The molecule has 0 aromatic rings. The van der Waals surface area contributed by atoms with E-state index in [4.69, 9.17) is 0 Å². The Labute approximate surface area is 76.1 Å². The first-order valence-corrected chi connectivity index (χ1v) is 4.13. The Balaban J connectivity index is 2.92. The summed E-state index contributed by atoms with van der Waals surface area (Å²) in [4.78, 5) is 34.7. The molecule has 1 saturated heterocycles. The van der Waals surface area contributed by atoms with Crippen LogP contribution in [0.2, 0.25) is 0 Å². The van der Waals surface area contributed by atoms with Crippen molar-refractivity contribution in [3.8, 4) is 0 Å². The van der Waals surface area contributed by atoms with Crippen LogP contribution in [0, 0.1) is 5.92 Å². The summed E-state index contributed by atoms with van der Waals surface area (Å²) in [6.45, 7) is 4.93. The lowest BCUT2D eigenvalue weighted by atomic mass is 10.1. The Kier molecular flexibility index (Phi) is 2.36. The van der Waals surface area contributed by atoms with Crippen molar-refractivity contribution >= 4 is 17.8 Å². The van der Waals surface area contributed by atoms with Gasteiger partial charge in [0.1, 0.15) is 5.92 Å². The molecule has 1 rings (SSSR count). The van der Waals surface area contributed by atoms with E-state index in [1.807, 2.05) is 0 Å². The van der Waals surface area contributed by atoms with Crippen molar-refractivity contribution in [3.63, 3.8) is 0 Å². The molecule has 0 aromatic heterocycles. The molecule has 1 unspecified atom stereocenters. The van der Waals surface area contributed by atoms with E-state index in [9.17, 15) is 14.4 Å². The Bertz CT molecular complexity index is 273. The average Bonchev–Trinajstić information content (AvgIpc) is 1.99. The van der Waals surface area contributed by atoms with Crippen molar-refractivity contribution in [1.82, 2.24) is 10.2 Å². The molecule has 4 amide bonds. The fourth-order valence-corrected chi connectivity index (χ4v) is 1.18. The Morgan fingerprint density at radius 1 is 1.31 bits per heavy atom. The van der Waals surface area contributed by atoms with Crippen molar-refractivity contribution in [2.24, 2.45) is 5.92 Å². The molecular formula is C8H12N2O3. The summed E-state index contributed by atoms with van der Waals surface area (Å²) in [7, 11) is 0. The van der Waals surface area contributed by atoms with Crippen molar-refractivity contribution in [1.29, 1.82) is 0 Å². The second kappa shape index (κ2) is 3.16. The van der Waals surface area contributed by atoms with Crippen molar-refractivity contribution in [3.05, 3.63) is 0 Å². The minimum absolute atomic E-state index is 0.219. The number of hydrogen-bond donors (Lipinski definition) is 1. The second-order valence-electron chi connectivity index (χ2n) is 3.32. The highest BCUT2D eigenvalue weighted by molar-refractivity contribution is 6.15. The van der Waals surface area contributed by atoms with Crippen molar-refractivity contribution in [2.45, 2.75) is 26.8 Å². The summed E-state index contributed by atoms with van der Waals surface area (Å²) < 4.78 is 0. The van der Waals surface area contributed by atoms with Gasteiger partial charge in [0.25, 0.3) is 0 Å². The predicted molar refractivity (Wildman–Crippen MR) is 44.7 cm³/mol. The van der Waals surface area contributed by atoms with Crippen LogP contribution in [0.4, 0.5) is 4.79 Å². The molecule has 1 atom stereocenters. The Morgan fingerprint density at radius 3 is 2.31 bits per heavy atom. The van der Waals surface area contributed by atoms with Gasteiger partial charge in [-0.3, -0.25) is 19.8 Å². The van der Waals surface area contributed by atoms with Crippen molar-refractivity contribution in [2.75, 3.05) is 0 Å². The molecule has 1 aliphatic heterocycles. The number of barbiturate groups is 1. The van der Waals surface area contributed by atoms with E-state index in [-0.39, 0.29) is 6.04 Å². The number of carbonyl (C=O) groups is 3. The fourth-order valence-electron chi connectivity index (χ4n) is 1.18. The van der Waals surface area contributed by atoms with Crippen LogP contribution in [-0.2, 0) is 9.59 Å². The van der Waals surface area contributed by atoms with Gasteiger partial charge in [-0.15, -0.1) is 0 Å². The molecule has 72 valence electrons. The highest BCUT2D eigenvalue weighted by atomic mass is 16.2. The van der Waals surface area contributed by atoms with Crippen LogP contribution in [0.15, 0.2) is 0 Å². The number of urea groups is 1. The van der Waals surface area contributed by atoms with Crippen molar-refractivity contribution < 1.29 is 14.4 Å². The first-order valence-electron chi connectivity index (χ1n) is 4.13. The first-order chi connectivity index (χ1) is 5.95. The molecule has 0 saturated carbocycles. The minimum Gasteiger partial charge on any atom is -0.277 e. The lowest BCUT2D eigenvalue weighted by Crippen LogP contribution is -2.59. The summed E-state index contributed by atoms with van der Waals surface area (Å²) >= 11 is 0. The quantitative estimate of drug-likeness (QED) is 0.588. The summed E-state index contributed by atoms with van der Waals surface area (Å²) in [6.07, 6.45) is 0. The zero-order chi connectivity index (χ0) is 10.2. The zero-order valence-corrected chi connectivity index (χ0v) is 7.83. The van der Waals surface area contributed by atoms with Crippen LogP contribution in [0.3, 0.4) is 0 Å². The zero-order valence-electron chi connectivity index (χ0n) is 7.83. The third kappa shape index (κ3) is 1.54. The number of carbonyl (C=O) groups excluding carboxylic acids is 3. The average molecular weight is 184 g/mol. The number of rotatable bonds is 1. The topological polar surface area (TPSA) is 66.5 Å². The van der Waals surface area contributed by atoms with Gasteiger partial charge in [-0.05, 0) is 20.8 Å². The maximum Gasteiger partial charge on any atom is 0.331 e. The van der Waals surface area contributed by atoms with E-state index in [1.54, 1.807) is 13.8 Å². The highest BCUT2D eigenvalue weighted by Gasteiger charge is 2.38. The highest BCUT2D eigenvalue weighted by Crippen LogP contribution is 2.12. The van der Waals surface area contributed by atoms with Gasteiger partial charge in [0.05, 0.1) is 0 Å². The van der Waals surface area contributed by atoms with Crippen LogP contribution in [-0.4, -0.2) is 28.8 Å². The Morgan fingerprint density at radius 2 is 1.85 bits per heavy atom. The summed E-state index contributed by atoms with van der Waals surface area (Å²) in [5.41, 5.74) is 0. The fraction of sp³-hybridized carbons (Fsp3) is 0.625. The minimum atomic E-state index is -0.764. The molecule has 0 aliphatic carbocycles. The van der Waals surface area contributed by atoms with E-state index in [1.165, 1.54) is 6.92 Å². The number of hydrogen-bond acceptors (Lipinski definition) is 3. The molecule has 0 radical (unpaired) electrons. The molecular weight excluding hydrogens is 172 g/mol. The lowest BCUT2D eigenvalue weighted by molar-refractivity contribution is -0.142. The van der Waals surface area contributed by atoms with E-state index in [0.29, 0.717) is 0 Å². The number of nitrogens with one attached hydrogen (secondary N) is 1. The largest absolute Gasteiger partial charge is 0.331 e. The van der Waals surface area contributed by atoms with Crippen LogP contribution < -0.4 is 5.32 Å². The van der Waals surface area contributed by atoms with Crippen LogP contribution in [0.5, 0.6) is 0 Å². The number of imide groups is 2. The normalized spacial score (nSPS) is 23.8. The van der Waals surface area contributed by atoms with Gasteiger partial charge in [0.15, 0.2) is 0 Å². The third-order valence-corrected chi connectivity index (χ3v) is 1.97. The molecule has 1 N–H and O–H groups in total. The molecule has 0 bridgehead atoms. The van der Waals surface area contributed by atoms with E-state index >= 15 is 0 Å². The molecule has 0 spiro atoms. The molecule has 1 fully saturated rings. The smallest absolute Gasteiger partial charge is 0.277 e. The Hall–Kier alpha value is -1.39.